The molecule has 818 valence electrons. The molecule has 4 fully saturated rings. The lowest BCUT2D eigenvalue weighted by Gasteiger charge is -2.33. The molecule has 8 aliphatic rings. The first-order valence-electron chi connectivity index (χ1n) is 51.2. The molecular weight excluding hydrogens is 2580 g/mol. The van der Waals surface area contributed by atoms with Crippen LogP contribution >= 0.6 is 155 Å². The molecule has 0 atom stereocenters. The Morgan fingerprint density at radius 1 is 0.513 bits per heavy atom. The summed E-state index contributed by atoms with van der Waals surface area (Å²) < 4.78 is 66.9. The second-order valence-corrected chi connectivity index (χ2v) is 54.0. The fourth-order valence-electron chi connectivity index (χ4n) is 18.4. The zero-order chi connectivity index (χ0) is 111. The van der Waals surface area contributed by atoms with E-state index in [4.69, 9.17) is 24.3 Å². The number of carbonyl (C=O) groups is 6. The number of nitrogens with one attached hydrogen (secondary N) is 2. The predicted molar refractivity (Wildman–Crippen MR) is 649 cm³/mol. The van der Waals surface area contributed by atoms with Gasteiger partial charge in [-0.1, -0.05) is 192 Å². The smallest absolute Gasteiger partial charge is 0.410 e. The Balaban J connectivity index is 0.000000262. The van der Waals surface area contributed by atoms with Crippen LogP contribution in [-0.4, -0.2) is 187 Å². The minimum absolute atomic E-state index is 0.0502. The number of ether oxygens (including phenoxy) is 2. The Hall–Kier alpha value is -6.69. The molecule has 3 amide bonds. The molecule has 5 heterocycles. The highest BCUT2D eigenvalue weighted by atomic mass is 127. The summed E-state index contributed by atoms with van der Waals surface area (Å²) in [7, 11) is -6.76. The molecule has 3 aliphatic carbocycles. The number of halogens is 7. The number of hydrogen-bond acceptors (Lipinski definition) is 22. The summed E-state index contributed by atoms with van der Waals surface area (Å²) in [5, 5.41) is 19.6. The van der Waals surface area contributed by atoms with Gasteiger partial charge >= 0.3 is 18.3 Å². The lowest BCUT2D eigenvalue weighted by atomic mass is 9.89. The average molecular weight is 2730 g/mol. The monoisotopic (exact) mass is 2720 g/mol. The number of benzene rings is 8. The SMILES string of the molecule is Brc1ccc2c(c1)CCC2.CC(=O)N1CCc2cc(Br)cc(S(=O)(=O)N3CCC(C(=O)Cc4cccc(C)c4)CC3)c21.CC(C)(C)OC(=O)N1CCCCC1.CCN(CC)CC.CCNc1cccc(C)c1.Cc1cccc(CC(=O)C2CCN(C(=O)OC(C)(C)C)CC2)c1.Cc1cccc(CC(=O)C2CCNCC2)c1.O=C=O.O=S(=O)(I)Cc1cc(Br)cc2c1CCC2.OOOC(=S)I.S=C=C=C(I)c1cc2c(cc1Br)CCC2. The standard InChI is InChI=1S/C24H27BrN2O4S.C19H27NO3.C14H19NO.C12H8BrIS.C10H10BrIO2S.C10H19NO2.C9H9Br.C9H13N.C6H15N.CHIO3S.CO2/c1-16-4-3-5-18(12-16)13-22(29)19-6-9-26(10-7-19)32(30,31)23-15-21(25)14-20-8-11-27(17(2)28)24(20)23;1-14-6-5-7-15(12-14)13-17(21)16-8-10-20(11-9-16)18(22)23-19(2,3)4;1-11-3-2-4-12(9-11)10-14(16)13-5-7-15-8-6-13;13-11-7-9-3-1-2-8(9)6-10(11)12(14)4-5-15;11-9-4-7-2-1-3-10(7)8(5-9)6-15(12,13)14;1-10(2,3)13-9(12)11-7-5-4-6-8-11;10-9-5-4-7-2-1-3-8(7)6-9;1-3-10-9-6-4-5-8(2)7-9;1-4-7(5-2)6-3;2-1(6)4-5-3;2-1-3/h3-5,12,14-15,19H,6-11,13H2,1-2H3;5-7,12,16H,8-11,13H2,1-4H3;2-4,9,13,15H,5-8,10H2,1H3;6-7H,1-3H2;4-5H,1-3,6H2;4-8H2,1-3H3;4-6H,1-3H2;4-7,10H,3H2,1-2H3;4-6H2,1-3H3;3H;. The van der Waals surface area contributed by atoms with E-state index in [9.17, 15) is 45.6 Å². The molecule has 0 bridgehead atoms. The molecule has 150 heavy (non-hydrogen) atoms. The number of anilines is 2. The van der Waals surface area contributed by atoms with Crippen LogP contribution in [0, 0.1) is 45.4 Å². The fraction of sp³-hybridized carbons (Fsp3) is 0.487. The van der Waals surface area contributed by atoms with Crippen molar-refractivity contribution < 1.29 is 79.8 Å². The molecule has 8 aromatic rings. The minimum atomic E-state index is -3.79. The zero-order valence-electron chi connectivity index (χ0n) is 89.1. The van der Waals surface area contributed by atoms with Crippen LogP contribution in [0.5, 0.6) is 0 Å². The van der Waals surface area contributed by atoms with E-state index in [1.807, 2.05) is 122 Å². The maximum Gasteiger partial charge on any atom is 0.410 e. The predicted octanol–water partition coefficient (Wildman–Crippen LogP) is 27.1. The number of hydrogen-bond donors (Lipinski definition) is 3. The first kappa shape index (κ1) is 132. The summed E-state index contributed by atoms with van der Waals surface area (Å²) in [4.78, 5) is 101. The van der Waals surface area contributed by atoms with Crippen molar-refractivity contribution in [2.24, 2.45) is 17.8 Å². The summed E-state index contributed by atoms with van der Waals surface area (Å²) in [6.45, 7) is 40.1. The number of fused-ring (bicyclic) bond motifs is 4. The first-order chi connectivity index (χ1) is 71.0. The van der Waals surface area contributed by atoms with E-state index in [2.05, 4.69) is 267 Å². The highest BCUT2D eigenvalue weighted by molar-refractivity contribution is 14.2. The lowest BCUT2D eigenvalue weighted by Crippen LogP contribution is -2.43. The number of amides is 3. The van der Waals surface area contributed by atoms with E-state index in [1.54, 1.807) is 48.9 Å². The largest absolute Gasteiger partial charge is 0.444 e. The van der Waals surface area contributed by atoms with Crippen molar-refractivity contribution in [3.05, 3.63) is 264 Å². The van der Waals surface area contributed by atoms with Crippen molar-refractivity contribution in [1.82, 2.24) is 24.3 Å². The number of thiocarbonyl (C=S) groups is 2. The van der Waals surface area contributed by atoms with Gasteiger partial charge in [0, 0.05) is 153 Å². The molecule has 35 heteroatoms. The molecule has 24 nitrogen and oxygen atoms in total. The molecule has 0 saturated carbocycles. The minimum Gasteiger partial charge on any atom is -0.444 e. The quantitative estimate of drug-likeness (QED) is 0.0159. The van der Waals surface area contributed by atoms with Gasteiger partial charge in [-0.2, -0.15) is 13.9 Å². The molecule has 4 saturated heterocycles. The van der Waals surface area contributed by atoms with Crippen molar-refractivity contribution >= 4 is 236 Å². The van der Waals surface area contributed by atoms with E-state index in [0.29, 0.717) is 87.2 Å². The van der Waals surface area contributed by atoms with Crippen molar-refractivity contribution in [2.45, 2.75) is 267 Å². The van der Waals surface area contributed by atoms with E-state index in [-0.39, 0.29) is 72.9 Å². The van der Waals surface area contributed by atoms with Gasteiger partial charge in [0.25, 0.3) is 3.06 Å². The van der Waals surface area contributed by atoms with Crippen LogP contribution in [-0.2, 0) is 135 Å². The van der Waals surface area contributed by atoms with Crippen LogP contribution in [0.3, 0.4) is 0 Å². The lowest BCUT2D eigenvalue weighted by molar-refractivity contribution is -0.446. The normalized spacial score (nSPS) is 15.0. The molecule has 3 N–H and O–H groups in total. The van der Waals surface area contributed by atoms with E-state index >= 15 is 0 Å². The Kier molecular flexibility index (Phi) is 59.9. The summed E-state index contributed by atoms with van der Waals surface area (Å²) >= 11 is 28.3. The van der Waals surface area contributed by atoms with Gasteiger partial charge in [0.1, 0.15) is 33.4 Å². The van der Waals surface area contributed by atoms with Gasteiger partial charge in [-0.15, -0.1) is 0 Å². The maximum atomic E-state index is 13.6. The number of likely N-dealkylation sites (tertiary alicyclic amines) is 2. The van der Waals surface area contributed by atoms with Crippen LogP contribution < -0.4 is 15.5 Å². The topological polar surface area (TPSA) is 302 Å². The second-order valence-electron chi connectivity index (χ2n) is 39.7. The van der Waals surface area contributed by atoms with Crippen molar-refractivity contribution in [3.63, 3.8) is 0 Å². The Labute approximate surface area is 974 Å². The fourth-order valence-corrected chi connectivity index (χ4v) is 25.4. The van der Waals surface area contributed by atoms with Crippen LogP contribution in [0.2, 0.25) is 0 Å². The molecule has 8 aromatic carbocycles. The third-order valence-corrected chi connectivity index (χ3v) is 32.5. The summed E-state index contributed by atoms with van der Waals surface area (Å²) in [5.74, 6) is 1.03. The second kappa shape index (κ2) is 68.1. The van der Waals surface area contributed by atoms with E-state index < -0.39 is 22.6 Å². The van der Waals surface area contributed by atoms with E-state index in [1.165, 1.54) is 157 Å². The molecule has 0 radical (unpaired) electrons. The highest BCUT2D eigenvalue weighted by Gasteiger charge is 2.39. The van der Waals surface area contributed by atoms with Crippen LogP contribution in [0.15, 0.2) is 180 Å². The van der Waals surface area contributed by atoms with Gasteiger partial charge in [-0.25, -0.2) is 31.7 Å². The molecule has 16 rings (SSSR count). The van der Waals surface area contributed by atoms with Crippen molar-refractivity contribution in [3.8, 4) is 0 Å². The maximum absolute atomic E-state index is 13.6. The van der Waals surface area contributed by atoms with Crippen molar-refractivity contribution in [1.29, 1.82) is 0 Å². The number of ketones is 3. The summed E-state index contributed by atoms with van der Waals surface area (Å²) in [6.07, 6.45) is 20.6. The van der Waals surface area contributed by atoms with Gasteiger partial charge in [-0.3, -0.25) is 24.1 Å². The molecule has 0 unspecified atom stereocenters. The average Bonchev–Trinajstić information content (AvgIpc) is 1.56. The van der Waals surface area contributed by atoms with Crippen LogP contribution in [0.1, 0.15) is 242 Å². The molecular formula is C115H148Br4I3N7O17S4. The third kappa shape index (κ3) is 48.6. The number of rotatable bonds is 20. The number of carbonyl (C=O) groups excluding carboxylic acids is 8. The molecule has 0 aromatic heterocycles. The van der Waals surface area contributed by atoms with Gasteiger partial charge in [0.05, 0.1) is 36.2 Å². The van der Waals surface area contributed by atoms with Crippen LogP contribution in [0.4, 0.5) is 21.0 Å². The third-order valence-electron chi connectivity index (χ3n) is 25.8. The molecule has 0 spiro atoms. The number of aryl methyl sites for hydroxylation is 9. The number of piperidine rings is 4. The van der Waals surface area contributed by atoms with Crippen molar-refractivity contribution in [2.75, 3.05) is 95.3 Å². The number of sulfonamides is 1. The Morgan fingerprint density at radius 2 is 0.947 bits per heavy atom. The zero-order valence-corrected chi connectivity index (χ0v) is 105. The van der Waals surface area contributed by atoms with Crippen LogP contribution in [0.25, 0.3) is 3.58 Å². The highest BCUT2D eigenvalue weighted by Crippen LogP contribution is 2.41. The van der Waals surface area contributed by atoms with Gasteiger partial charge in [-0.05, 0) is 416 Å². The summed E-state index contributed by atoms with van der Waals surface area (Å²) in [6, 6.07) is 51.2. The number of Topliss-reactive ketones (excluding diaryl/α,β-unsaturated/α-hetero) is 3. The number of nitrogens with zero attached hydrogens (tertiary/aromatic N) is 5. The van der Waals surface area contributed by atoms with Gasteiger partial charge in [0.2, 0.25) is 22.9 Å². The van der Waals surface area contributed by atoms with Gasteiger partial charge < -0.3 is 39.7 Å². The summed E-state index contributed by atoms with van der Waals surface area (Å²) in [5.41, 5.74) is 23.4. The first-order valence-corrected chi connectivity index (χ1v) is 63.0. The van der Waals surface area contributed by atoms with E-state index in [0.717, 1.165) is 136 Å². The Morgan fingerprint density at radius 3 is 1.39 bits per heavy atom. The Bertz CT molecular complexity index is 6130. The van der Waals surface area contributed by atoms with Gasteiger partial charge in [0.15, 0.2) is 0 Å². The molecule has 5 aliphatic heterocycles.